The van der Waals surface area contributed by atoms with Crippen LogP contribution in [0.4, 0.5) is 10.1 Å². The number of carbonyl (C=O) groups is 1. The number of halogens is 1. The van der Waals surface area contributed by atoms with E-state index < -0.39 is 0 Å². The molecule has 1 atom stereocenters. The Morgan fingerprint density at radius 3 is 2.70 bits per heavy atom. The average Bonchev–Trinajstić information content (AvgIpc) is 3.23. The van der Waals surface area contributed by atoms with E-state index in [9.17, 15) is 9.18 Å². The van der Waals surface area contributed by atoms with Crippen LogP contribution >= 0.6 is 0 Å². The van der Waals surface area contributed by atoms with Crippen LogP contribution in [-0.2, 0) is 17.8 Å². The Morgan fingerprint density at radius 2 is 1.97 bits per heavy atom. The molecule has 1 N–H and O–H groups in total. The van der Waals surface area contributed by atoms with Gasteiger partial charge in [-0.25, -0.2) is 4.39 Å². The lowest BCUT2D eigenvalue weighted by Gasteiger charge is -2.30. The molecular weight excluding hydrogens is 383 g/mol. The van der Waals surface area contributed by atoms with Gasteiger partial charge in [-0.3, -0.25) is 9.69 Å². The zero-order valence-electron chi connectivity index (χ0n) is 17.0. The number of likely N-dealkylation sites (tertiary alicyclic amines) is 1. The topological polar surface area (TPSA) is 71.3 Å². The van der Waals surface area contributed by atoms with Gasteiger partial charge >= 0.3 is 0 Å². The maximum absolute atomic E-state index is 13.1. The standard InChI is InChI=1S/C23H25FN4O2/c1-2-16-5-11-20(12-6-16)25-23(29)18-4-3-13-28(14-18)15-21-26-22(27-30-21)17-7-9-19(24)10-8-17/h5-12,18H,2-4,13-15H2,1H3,(H,25,29). The summed E-state index contributed by atoms with van der Waals surface area (Å²) < 4.78 is 18.5. The number of amides is 1. The van der Waals surface area contributed by atoms with Gasteiger partial charge in [0.25, 0.3) is 0 Å². The van der Waals surface area contributed by atoms with Crippen molar-refractivity contribution in [1.82, 2.24) is 15.0 Å². The Morgan fingerprint density at radius 1 is 1.20 bits per heavy atom. The van der Waals surface area contributed by atoms with E-state index >= 15 is 0 Å². The monoisotopic (exact) mass is 408 g/mol. The normalized spacial score (nSPS) is 17.1. The average molecular weight is 408 g/mol. The Labute approximate surface area is 175 Å². The number of benzene rings is 2. The van der Waals surface area contributed by atoms with Gasteiger partial charge in [0.1, 0.15) is 5.82 Å². The molecule has 0 spiro atoms. The molecule has 1 aliphatic heterocycles. The van der Waals surface area contributed by atoms with Crippen molar-refractivity contribution < 1.29 is 13.7 Å². The molecule has 30 heavy (non-hydrogen) atoms. The van der Waals surface area contributed by atoms with Crippen molar-refractivity contribution in [2.24, 2.45) is 5.92 Å². The van der Waals surface area contributed by atoms with Gasteiger partial charge in [0.2, 0.25) is 17.6 Å². The van der Waals surface area contributed by atoms with Gasteiger partial charge in [0, 0.05) is 17.8 Å². The molecule has 1 unspecified atom stereocenters. The van der Waals surface area contributed by atoms with Crippen LogP contribution in [0.25, 0.3) is 11.4 Å². The fourth-order valence-electron chi connectivity index (χ4n) is 3.71. The number of aromatic nitrogens is 2. The third-order valence-electron chi connectivity index (χ3n) is 5.44. The van der Waals surface area contributed by atoms with E-state index in [-0.39, 0.29) is 17.6 Å². The van der Waals surface area contributed by atoms with Gasteiger partial charge in [0.15, 0.2) is 0 Å². The SMILES string of the molecule is CCc1ccc(NC(=O)C2CCCN(Cc3nc(-c4ccc(F)cc4)no3)C2)cc1. The molecule has 0 aliphatic carbocycles. The summed E-state index contributed by atoms with van der Waals surface area (Å²) in [5.41, 5.74) is 2.78. The molecule has 3 aromatic rings. The third kappa shape index (κ3) is 4.91. The number of aryl methyl sites for hydroxylation is 1. The maximum Gasteiger partial charge on any atom is 0.241 e. The second-order valence-electron chi connectivity index (χ2n) is 7.63. The highest BCUT2D eigenvalue weighted by Crippen LogP contribution is 2.22. The minimum Gasteiger partial charge on any atom is -0.338 e. The Bertz CT molecular complexity index is 985. The first-order valence-corrected chi connectivity index (χ1v) is 10.3. The van der Waals surface area contributed by atoms with E-state index in [2.05, 4.69) is 27.3 Å². The number of hydrogen-bond acceptors (Lipinski definition) is 5. The van der Waals surface area contributed by atoms with Crippen molar-refractivity contribution in [2.45, 2.75) is 32.7 Å². The van der Waals surface area contributed by atoms with Crippen molar-refractivity contribution in [3.63, 3.8) is 0 Å². The van der Waals surface area contributed by atoms with Crippen LogP contribution in [0.2, 0.25) is 0 Å². The fourth-order valence-corrected chi connectivity index (χ4v) is 3.71. The molecule has 0 saturated carbocycles. The van der Waals surface area contributed by atoms with Gasteiger partial charge in [-0.2, -0.15) is 4.98 Å². The van der Waals surface area contributed by atoms with Gasteiger partial charge in [-0.05, 0) is 67.8 Å². The third-order valence-corrected chi connectivity index (χ3v) is 5.44. The first kappa shape index (κ1) is 20.2. The summed E-state index contributed by atoms with van der Waals surface area (Å²) in [4.78, 5) is 19.3. The lowest BCUT2D eigenvalue weighted by Crippen LogP contribution is -2.40. The molecule has 2 heterocycles. The zero-order chi connectivity index (χ0) is 20.9. The summed E-state index contributed by atoms with van der Waals surface area (Å²) in [6, 6.07) is 14.0. The lowest BCUT2D eigenvalue weighted by atomic mass is 9.97. The van der Waals surface area contributed by atoms with Crippen LogP contribution in [0, 0.1) is 11.7 Å². The second kappa shape index (κ2) is 9.17. The molecule has 6 nitrogen and oxygen atoms in total. The van der Waals surface area contributed by atoms with Crippen LogP contribution in [0.1, 0.15) is 31.2 Å². The lowest BCUT2D eigenvalue weighted by molar-refractivity contribution is -0.121. The number of nitrogens with one attached hydrogen (secondary N) is 1. The van der Waals surface area contributed by atoms with Crippen LogP contribution in [0.5, 0.6) is 0 Å². The first-order valence-electron chi connectivity index (χ1n) is 10.3. The largest absolute Gasteiger partial charge is 0.338 e. The van der Waals surface area contributed by atoms with Crippen LogP contribution in [0.15, 0.2) is 53.1 Å². The number of anilines is 1. The van der Waals surface area contributed by atoms with E-state index in [0.29, 0.717) is 30.4 Å². The Kier molecular flexibility index (Phi) is 6.18. The van der Waals surface area contributed by atoms with Crippen LogP contribution < -0.4 is 5.32 Å². The number of nitrogens with zero attached hydrogens (tertiary/aromatic N) is 3. The maximum atomic E-state index is 13.1. The smallest absolute Gasteiger partial charge is 0.241 e. The molecule has 1 aromatic heterocycles. The molecule has 0 bridgehead atoms. The van der Waals surface area contributed by atoms with Gasteiger partial charge in [-0.15, -0.1) is 0 Å². The predicted molar refractivity (Wildman–Crippen MR) is 112 cm³/mol. The molecule has 4 rings (SSSR count). The summed E-state index contributed by atoms with van der Waals surface area (Å²) in [5, 5.41) is 7.02. The summed E-state index contributed by atoms with van der Waals surface area (Å²) in [5.74, 6) is 0.587. The molecule has 2 aromatic carbocycles. The predicted octanol–water partition coefficient (Wildman–Crippen LogP) is 4.29. The summed E-state index contributed by atoms with van der Waals surface area (Å²) in [7, 11) is 0. The van der Waals surface area contributed by atoms with Gasteiger partial charge in [0.05, 0.1) is 12.5 Å². The van der Waals surface area contributed by atoms with Gasteiger partial charge < -0.3 is 9.84 Å². The summed E-state index contributed by atoms with van der Waals surface area (Å²) >= 11 is 0. The van der Waals surface area contributed by atoms with E-state index in [4.69, 9.17) is 4.52 Å². The number of carbonyl (C=O) groups excluding carboxylic acids is 1. The minimum absolute atomic E-state index is 0.0430. The van der Waals surface area contributed by atoms with Crippen LogP contribution in [0.3, 0.4) is 0 Å². The molecule has 156 valence electrons. The number of hydrogen-bond donors (Lipinski definition) is 1. The highest BCUT2D eigenvalue weighted by Gasteiger charge is 2.27. The Hall–Kier alpha value is -3.06. The number of piperidine rings is 1. The van der Waals surface area contributed by atoms with E-state index in [1.807, 2.05) is 24.3 Å². The minimum atomic E-state index is -0.304. The highest BCUT2D eigenvalue weighted by molar-refractivity contribution is 5.92. The van der Waals surface area contributed by atoms with Crippen molar-refractivity contribution in [3.05, 3.63) is 65.8 Å². The van der Waals surface area contributed by atoms with Gasteiger partial charge in [-0.1, -0.05) is 24.2 Å². The van der Waals surface area contributed by atoms with Crippen molar-refractivity contribution in [2.75, 3.05) is 18.4 Å². The molecular formula is C23H25FN4O2. The molecule has 1 aliphatic rings. The number of rotatable bonds is 6. The molecule has 1 amide bonds. The molecule has 0 radical (unpaired) electrons. The second-order valence-corrected chi connectivity index (χ2v) is 7.63. The van der Waals surface area contributed by atoms with Crippen LogP contribution in [-0.4, -0.2) is 34.0 Å². The Balaban J connectivity index is 1.34. The summed E-state index contributed by atoms with van der Waals surface area (Å²) in [6.45, 7) is 4.12. The van der Waals surface area contributed by atoms with Crippen molar-refractivity contribution >= 4 is 11.6 Å². The molecule has 1 fully saturated rings. The van der Waals surface area contributed by atoms with E-state index in [0.717, 1.165) is 31.5 Å². The van der Waals surface area contributed by atoms with E-state index in [1.54, 1.807) is 12.1 Å². The molecule has 1 saturated heterocycles. The molecule has 7 heteroatoms. The zero-order valence-corrected chi connectivity index (χ0v) is 17.0. The summed E-state index contributed by atoms with van der Waals surface area (Å²) in [6.07, 6.45) is 2.77. The van der Waals surface area contributed by atoms with Crippen molar-refractivity contribution in [1.29, 1.82) is 0 Å². The highest BCUT2D eigenvalue weighted by atomic mass is 19.1. The first-order chi connectivity index (χ1) is 14.6. The fraction of sp³-hybridized carbons (Fsp3) is 0.348. The van der Waals surface area contributed by atoms with Crippen molar-refractivity contribution in [3.8, 4) is 11.4 Å². The van der Waals surface area contributed by atoms with E-state index in [1.165, 1.54) is 17.7 Å². The quantitative estimate of drug-likeness (QED) is 0.659.